The van der Waals surface area contributed by atoms with Gasteiger partial charge >= 0.3 is 6.09 Å². The monoisotopic (exact) mass is 434 g/mol. The molecule has 0 aliphatic carbocycles. The highest BCUT2D eigenvalue weighted by Gasteiger charge is 2.38. The van der Waals surface area contributed by atoms with Crippen molar-refractivity contribution in [1.82, 2.24) is 15.1 Å². The fourth-order valence-corrected chi connectivity index (χ4v) is 3.93. The molecular formula is C25H30N4O3. The van der Waals surface area contributed by atoms with Crippen LogP contribution in [0.15, 0.2) is 66.9 Å². The third-order valence-corrected chi connectivity index (χ3v) is 5.50. The lowest BCUT2D eigenvalue weighted by atomic mass is 9.76. The van der Waals surface area contributed by atoms with E-state index < -0.39 is 23.5 Å². The van der Waals surface area contributed by atoms with E-state index in [0.717, 1.165) is 16.8 Å². The lowest BCUT2D eigenvalue weighted by Gasteiger charge is -2.36. The highest BCUT2D eigenvalue weighted by Crippen LogP contribution is 2.30. The van der Waals surface area contributed by atoms with Crippen molar-refractivity contribution in [2.45, 2.75) is 33.2 Å². The van der Waals surface area contributed by atoms with E-state index in [2.05, 4.69) is 15.7 Å². The quantitative estimate of drug-likeness (QED) is 0.508. The Hall–Kier alpha value is -3.61. The van der Waals surface area contributed by atoms with Crippen molar-refractivity contribution < 1.29 is 14.7 Å². The molecule has 168 valence electrons. The zero-order chi connectivity index (χ0) is 23.3. The number of aromatic nitrogens is 2. The van der Waals surface area contributed by atoms with Gasteiger partial charge in [-0.1, -0.05) is 63.2 Å². The summed E-state index contributed by atoms with van der Waals surface area (Å²) in [6.07, 6.45) is 0.993. The molecule has 3 aromatic rings. The Kier molecular flexibility index (Phi) is 6.98. The first-order chi connectivity index (χ1) is 15.1. The second kappa shape index (κ2) is 9.68. The topological polar surface area (TPSA) is 96.3 Å². The van der Waals surface area contributed by atoms with Crippen LogP contribution in [0.2, 0.25) is 0 Å². The van der Waals surface area contributed by atoms with Crippen molar-refractivity contribution in [3.8, 4) is 11.3 Å². The van der Waals surface area contributed by atoms with Crippen molar-refractivity contribution in [3.63, 3.8) is 0 Å². The molecular weight excluding hydrogens is 404 g/mol. The summed E-state index contributed by atoms with van der Waals surface area (Å²) >= 11 is 0. The van der Waals surface area contributed by atoms with Crippen molar-refractivity contribution in [2.75, 3.05) is 5.32 Å². The highest BCUT2D eigenvalue weighted by atomic mass is 16.4. The zero-order valence-corrected chi connectivity index (χ0v) is 18.9. The number of rotatable bonds is 7. The first-order valence-electron chi connectivity index (χ1n) is 10.6. The number of hydrogen-bond donors (Lipinski definition) is 3. The largest absolute Gasteiger partial charge is 0.465 e. The fourth-order valence-electron chi connectivity index (χ4n) is 3.93. The molecule has 3 rings (SSSR count). The summed E-state index contributed by atoms with van der Waals surface area (Å²) < 4.78 is 1.77. The summed E-state index contributed by atoms with van der Waals surface area (Å²) in [5.41, 5.74) is 3.01. The van der Waals surface area contributed by atoms with Gasteiger partial charge in [0.05, 0.1) is 11.6 Å². The summed E-state index contributed by atoms with van der Waals surface area (Å²) in [4.78, 5) is 25.0. The molecule has 2 unspecified atom stereocenters. The summed E-state index contributed by atoms with van der Waals surface area (Å²) in [5.74, 6) is -0.835. The van der Waals surface area contributed by atoms with Gasteiger partial charge in [-0.25, -0.2) is 4.79 Å². The van der Waals surface area contributed by atoms with E-state index in [-0.39, 0.29) is 5.91 Å². The molecule has 0 fully saturated rings. The number of nitrogens with zero attached hydrogens (tertiary/aromatic N) is 2. The summed E-state index contributed by atoms with van der Waals surface area (Å²) in [5, 5.41) is 19.3. The van der Waals surface area contributed by atoms with Gasteiger partial charge in [-0.2, -0.15) is 5.10 Å². The van der Waals surface area contributed by atoms with Crippen molar-refractivity contribution in [1.29, 1.82) is 0 Å². The van der Waals surface area contributed by atoms with Gasteiger partial charge in [-0.05, 0) is 35.6 Å². The molecule has 0 radical (unpaired) electrons. The van der Waals surface area contributed by atoms with E-state index in [1.807, 2.05) is 88.5 Å². The predicted octanol–water partition coefficient (Wildman–Crippen LogP) is 4.57. The van der Waals surface area contributed by atoms with E-state index in [4.69, 9.17) is 0 Å². The second-order valence-electron chi connectivity index (χ2n) is 9.00. The van der Waals surface area contributed by atoms with E-state index in [1.165, 1.54) is 0 Å². The van der Waals surface area contributed by atoms with Gasteiger partial charge in [-0.15, -0.1) is 0 Å². The Morgan fingerprint density at radius 1 is 1.06 bits per heavy atom. The number of carbonyl (C=O) groups is 2. The summed E-state index contributed by atoms with van der Waals surface area (Å²) in [7, 11) is 1.86. The number of benzene rings is 2. The molecule has 0 bridgehead atoms. The molecule has 0 spiro atoms. The van der Waals surface area contributed by atoms with Crippen LogP contribution in [0.4, 0.5) is 10.5 Å². The van der Waals surface area contributed by atoms with Crippen LogP contribution in [-0.4, -0.2) is 32.9 Å². The normalized spacial score (nSPS) is 13.2. The van der Waals surface area contributed by atoms with Crippen LogP contribution in [0.1, 0.15) is 26.3 Å². The highest BCUT2D eigenvalue weighted by molar-refractivity contribution is 5.94. The number of carbonyl (C=O) groups excluding carboxylic acids is 1. The van der Waals surface area contributed by atoms with Gasteiger partial charge in [0.2, 0.25) is 5.91 Å². The minimum absolute atomic E-state index is 0.232. The van der Waals surface area contributed by atoms with E-state index in [1.54, 1.807) is 10.9 Å². The average Bonchev–Trinajstić information content (AvgIpc) is 3.16. The van der Waals surface area contributed by atoms with Crippen LogP contribution < -0.4 is 10.6 Å². The Morgan fingerprint density at radius 3 is 2.38 bits per heavy atom. The van der Waals surface area contributed by atoms with Crippen LogP contribution in [0.5, 0.6) is 0 Å². The Labute approximate surface area is 188 Å². The van der Waals surface area contributed by atoms with Gasteiger partial charge in [0.1, 0.15) is 0 Å². The molecule has 0 aliphatic rings. The van der Waals surface area contributed by atoms with Crippen LogP contribution >= 0.6 is 0 Å². The van der Waals surface area contributed by atoms with Gasteiger partial charge < -0.3 is 15.7 Å². The number of hydrogen-bond acceptors (Lipinski definition) is 3. The Morgan fingerprint density at radius 2 is 1.78 bits per heavy atom. The number of aryl methyl sites for hydroxylation is 1. The third-order valence-electron chi connectivity index (χ3n) is 5.50. The number of anilines is 1. The maximum absolute atomic E-state index is 13.5. The average molecular weight is 435 g/mol. The van der Waals surface area contributed by atoms with Crippen LogP contribution in [0.25, 0.3) is 11.3 Å². The Bertz CT molecular complexity index is 1070. The number of amides is 2. The van der Waals surface area contributed by atoms with Gasteiger partial charge in [0.15, 0.2) is 0 Å². The maximum Gasteiger partial charge on any atom is 0.404 e. The molecule has 7 nitrogen and oxygen atoms in total. The first kappa shape index (κ1) is 23.1. The molecule has 0 saturated carbocycles. The molecule has 32 heavy (non-hydrogen) atoms. The second-order valence-corrected chi connectivity index (χ2v) is 9.00. The molecule has 7 heteroatoms. The fraction of sp³-hybridized carbons (Fsp3) is 0.320. The number of nitrogens with one attached hydrogen (secondary N) is 2. The van der Waals surface area contributed by atoms with Gasteiger partial charge in [0.25, 0.3) is 0 Å². The molecule has 1 heterocycles. The third kappa shape index (κ3) is 5.75. The minimum Gasteiger partial charge on any atom is -0.465 e. The minimum atomic E-state index is -1.14. The van der Waals surface area contributed by atoms with Crippen LogP contribution in [0, 0.1) is 11.3 Å². The van der Waals surface area contributed by atoms with Crippen molar-refractivity contribution >= 4 is 17.7 Å². The first-order valence-corrected chi connectivity index (χ1v) is 10.6. The summed E-state index contributed by atoms with van der Waals surface area (Å²) in [6.45, 7) is 5.80. The molecule has 2 amide bonds. The molecule has 0 aliphatic heterocycles. The molecule has 2 atom stereocenters. The van der Waals surface area contributed by atoms with E-state index in [0.29, 0.717) is 12.1 Å². The lowest BCUT2D eigenvalue weighted by molar-refractivity contribution is -0.121. The van der Waals surface area contributed by atoms with Gasteiger partial charge in [-0.3, -0.25) is 9.48 Å². The predicted molar refractivity (Wildman–Crippen MR) is 125 cm³/mol. The van der Waals surface area contributed by atoms with E-state index in [9.17, 15) is 14.7 Å². The van der Waals surface area contributed by atoms with E-state index >= 15 is 0 Å². The lowest BCUT2D eigenvalue weighted by Crippen LogP contribution is -2.52. The van der Waals surface area contributed by atoms with Crippen molar-refractivity contribution in [3.05, 3.63) is 72.4 Å². The van der Waals surface area contributed by atoms with Crippen LogP contribution in [-0.2, 0) is 18.3 Å². The molecule has 1 aromatic heterocycles. The van der Waals surface area contributed by atoms with Crippen LogP contribution in [0.3, 0.4) is 0 Å². The van der Waals surface area contributed by atoms with Gasteiger partial charge in [0, 0.05) is 30.5 Å². The zero-order valence-electron chi connectivity index (χ0n) is 18.9. The standard InChI is InChI=1S/C25H30N4O3/c1-25(2,3)22(28-24(31)32)20(15-17-9-6-5-7-10-17)23(30)27-19-12-8-11-18(16-19)21-13-14-26-29(21)4/h5-14,16,20,22,28H,15H2,1-4H3,(H,27,30)(H,31,32). The molecule has 3 N–H and O–H groups in total. The molecule has 0 saturated heterocycles. The number of carboxylic acid groups (broad SMARTS) is 1. The smallest absolute Gasteiger partial charge is 0.404 e. The Balaban J connectivity index is 1.91. The van der Waals surface area contributed by atoms with Crippen molar-refractivity contribution in [2.24, 2.45) is 18.4 Å². The SMILES string of the molecule is Cn1nccc1-c1cccc(NC(=O)C(Cc2ccccc2)C(NC(=O)O)C(C)(C)C)c1. The maximum atomic E-state index is 13.5. The summed E-state index contributed by atoms with van der Waals surface area (Å²) in [6, 6.07) is 18.5. The molecule has 2 aromatic carbocycles.